The van der Waals surface area contributed by atoms with E-state index >= 15 is 0 Å². The molecule has 0 heterocycles. The number of nitrogens with one attached hydrogen (secondary N) is 1. The molecule has 134 valence electrons. The maximum Gasteiger partial charge on any atom is 0.253 e. The van der Waals surface area contributed by atoms with Crippen molar-refractivity contribution in [3.8, 4) is 6.07 Å². The van der Waals surface area contributed by atoms with Crippen LogP contribution in [0.3, 0.4) is 0 Å². The van der Waals surface area contributed by atoms with Crippen molar-refractivity contribution in [2.24, 2.45) is 0 Å². The molecule has 0 aliphatic heterocycles. The number of carbonyl (C=O) groups is 2. The van der Waals surface area contributed by atoms with Crippen LogP contribution >= 0.6 is 0 Å². The van der Waals surface area contributed by atoms with Crippen LogP contribution < -0.4 is 5.32 Å². The molecule has 0 unspecified atom stereocenters. The second-order valence-corrected chi connectivity index (χ2v) is 5.91. The van der Waals surface area contributed by atoms with Gasteiger partial charge >= 0.3 is 0 Å². The third-order valence-corrected chi connectivity index (χ3v) is 4.19. The molecule has 5 heteroatoms. The Morgan fingerprint density at radius 2 is 1.62 bits per heavy atom. The fourth-order valence-corrected chi connectivity index (χ4v) is 2.62. The van der Waals surface area contributed by atoms with Crippen molar-refractivity contribution >= 4 is 17.5 Å². The molecule has 0 radical (unpaired) electrons. The van der Waals surface area contributed by atoms with Crippen LogP contribution in [0, 0.1) is 11.3 Å². The zero-order chi connectivity index (χ0) is 18.9. The van der Waals surface area contributed by atoms with Gasteiger partial charge in [-0.25, -0.2) is 0 Å². The van der Waals surface area contributed by atoms with Crippen LogP contribution in [0.15, 0.2) is 48.5 Å². The lowest BCUT2D eigenvalue weighted by molar-refractivity contribution is -0.116. The summed E-state index contributed by atoms with van der Waals surface area (Å²) in [6.45, 7) is 5.24. The molecule has 0 aliphatic rings. The highest BCUT2D eigenvalue weighted by atomic mass is 16.2. The lowest BCUT2D eigenvalue weighted by Crippen LogP contribution is -2.30. The summed E-state index contributed by atoms with van der Waals surface area (Å²) in [7, 11) is 0. The van der Waals surface area contributed by atoms with Crippen LogP contribution in [0.1, 0.15) is 41.8 Å². The Balaban J connectivity index is 1.88. The van der Waals surface area contributed by atoms with Crippen LogP contribution in [0.5, 0.6) is 0 Å². The fraction of sp³-hybridized carbons (Fsp3) is 0.286. The highest BCUT2D eigenvalue weighted by Gasteiger charge is 2.12. The molecule has 2 aromatic rings. The summed E-state index contributed by atoms with van der Waals surface area (Å²) in [6, 6.07) is 16.2. The first-order valence-corrected chi connectivity index (χ1v) is 8.75. The number of aryl methyl sites for hydroxylation is 1. The molecule has 0 atom stereocenters. The Kier molecular flexibility index (Phi) is 6.92. The van der Waals surface area contributed by atoms with Gasteiger partial charge in [0.1, 0.15) is 0 Å². The molecule has 2 aromatic carbocycles. The number of rotatable bonds is 7. The van der Waals surface area contributed by atoms with Crippen molar-refractivity contribution in [1.82, 2.24) is 4.90 Å². The summed E-state index contributed by atoms with van der Waals surface area (Å²) in [5, 5.41) is 11.6. The molecule has 2 amide bonds. The van der Waals surface area contributed by atoms with E-state index in [1.54, 1.807) is 41.3 Å². The lowest BCUT2D eigenvalue weighted by atomic mass is 10.1. The maximum absolute atomic E-state index is 12.3. The lowest BCUT2D eigenvalue weighted by Gasteiger charge is -2.18. The Morgan fingerprint density at radius 3 is 2.15 bits per heavy atom. The van der Waals surface area contributed by atoms with Gasteiger partial charge in [0.05, 0.1) is 11.6 Å². The van der Waals surface area contributed by atoms with E-state index in [2.05, 4.69) is 11.4 Å². The van der Waals surface area contributed by atoms with E-state index in [0.29, 0.717) is 42.7 Å². The smallest absolute Gasteiger partial charge is 0.253 e. The summed E-state index contributed by atoms with van der Waals surface area (Å²) in [4.78, 5) is 26.1. The minimum Gasteiger partial charge on any atom is -0.339 e. The third kappa shape index (κ3) is 5.18. The molecule has 1 N–H and O–H groups in total. The van der Waals surface area contributed by atoms with Gasteiger partial charge in [0, 0.05) is 30.8 Å². The summed E-state index contributed by atoms with van der Waals surface area (Å²) < 4.78 is 0. The first-order chi connectivity index (χ1) is 12.6. The first-order valence-electron chi connectivity index (χ1n) is 8.75. The van der Waals surface area contributed by atoms with Crippen LogP contribution in [0.4, 0.5) is 5.69 Å². The van der Waals surface area contributed by atoms with E-state index in [1.807, 2.05) is 26.0 Å². The molecule has 0 spiro atoms. The Hall–Kier alpha value is -3.13. The highest BCUT2D eigenvalue weighted by Crippen LogP contribution is 2.13. The van der Waals surface area contributed by atoms with Crippen molar-refractivity contribution in [3.05, 3.63) is 65.2 Å². The molecule has 0 fully saturated rings. The number of nitriles is 1. The molecule has 0 aliphatic carbocycles. The summed E-state index contributed by atoms with van der Waals surface area (Å²) in [5.74, 6) is -0.0918. The number of amides is 2. The number of nitrogens with zero attached hydrogens (tertiary/aromatic N) is 2. The molecular formula is C21H23N3O2. The van der Waals surface area contributed by atoms with Crippen molar-refractivity contribution in [1.29, 1.82) is 5.26 Å². The normalized spacial score (nSPS) is 10.0. The maximum atomic E-state index is 12.3. The molecule has 0 saturated carbocycles. The van der Waals surface area contributed by atoms with Crippen molar-refractivity contribution in [2.45, 2.75) is 26.7 Å². The monoisotopic (exact) mass is 349 g/mol. The Bertz CT molecular complexity index is 786. The summed E-state index contributed by atoms with van der Waals surface area (Å²) in [5.41, 5.74) is 2.91. The largest absolute Gasteiger partial charge is 0.339 e. The average molecular weight is 349 g/mol. The molecule has 0 aromatic heterocycles. The second kappa shape index (κ2) is 9.38. The first kappa shape index (κ1) is 19.2. The highest BCUT2D eigenvalue weighted by molar-refractivity contribution is 5.95. The SMILES string of the molecule is CCN(CC)C(=O)c1ccc(NC(=O)CCc2ccc(C#N)cc2)cc1. The van der Waals surface area contributed by atoms with Crippen LogP contribution in [0.25, 0.3) is 0 Å². The van der Waals surface area contributed by atoms with E-state index in [-0.39, 0.29) is 11.8 Å². The zero-order valence-electron chi connectivity index (χ0n) is 15.2. The topological polar surface area (TPSA) is 73.2 Å². The Morgan fingerprint density at radius 1 is 1.00 bits per heavy atom. The predicted molar refractivity (Wildman–Crippen MR) is 102 cm³/mol. The minimum absolute atomic E-state index is 0.00584. The summed E-state index contributed by atoms with van der Waals surface area (Å²) in [6.07, 6.45) is 0.960. The molecule has 0 saturated heterocycles. The number of carbonyl (C=O) groups excluding carboxylic acids is 2. The molecular weight excluding hydrogens is 326 g/mol. The second-order valence-electron chi connectivity index (χ2n) is 5.91. The van der Waals surface area contributed by atoms with Gasteiger partial charge in [-0.2, -0.15) is 5.26 Å². The molecule has 2 rings (SSSR count). The quantitative estimate of drug-likeness (QED) is 0.830. The van der Waals surface area contributed by atoms with E-state index < -0.39 is 0 Å². The zero-order valence-corrected chi connectivity index (χ0v) is 15.2. The van der Waals surface area contributed by atoms with Crippen molar-refractivity contribution < 1.29 is 9.59 Å². The molecule has 0 bridgehead atoms. The van der Waals surface area contributed by atoms with Gasteiger partial charge in [-0.3, -0.25) is 9.59 Å². The van der Waals surface area contributed by atoms with Crippen LogP contribution in [-0.2, 0) is 11.2 Å². The number of hydrogen-bond acceptors (Lipinski definition) is 3. The van der Waals surface area contributed by atoms with Crippen LogP contribution in [0.2, 0.25) is 0 Å². The third-order valence-electron chi connectivity index (χ3n) is 4.19. The van der Waals surface area contributed by atoms with Gasteiger partial charge in [0.15, 0.2) is 0 Å². The van der Waals surface area contributed by atoms with Crippen LogP contribution in [-0.4, -0.2) is 29.8 Å². The number of anilines is 1. The summed E-state index contributed by atoms with van der Waals surface area (Å²) >= 11 is 0. The van der Waals surface area contributed by atoms with E-state index in [4.69, 9.17) is 5.26 Å². The predicted octanol–water partition coefficient (Wildman–Crippen LogP) is 3.61. The van der Waals surface area contributed by atoms with Gasteiger partial charge in [-0.15, -0.1) is 0 Å². The molecule has 26 heavy (non-hydrogen) atoms. The number of benzene rings is 2. The van der Waals surface area contributed by atoms with Crippen molar-refractivity contribution in [3.63, 3.8) is 0 Å². The fourth-order valence-electron chi connectivity index (χ4n) is 2.62. The van der Waals surface area contributed by atoms with Gasteiger partial charge in [-0.05, 0) is 62.2 Å². The van der Waals surface area contributed by atoms with E-state index in [0.717, 1.165) is 5.56 Å². The minimum atomic E-state index is -0.0859. The van der Waals surface area contributed by atoms with Gasteiger partial charge in [0.25, 0.3) is 5.91 Å². The van der Waals surface area contributed by atoms with Gasteiger partial charge in [0.2, 0.25) is 5.91 Å². The van der Waals surface area contributed by atoms with E-state index in [1.165, 1.54) is 0 Å². The van der Waals surface area contributed by atoms with Crippen molar-refractivity contribution in [2.75, 3.05) is 18.4 Å². The Labute approximate surface area is 154 Å². The average Bonchev–Trinajstić information content (AvgIpc) is 2.68. The number of hydrogen-bond donors (Lipinski definition) is 1. The van der Waals surface area contributed by atoms with Gasteiger partial charge in [-0.1, -0.05) is 12.1 Å². The standard InChI is InChI=1S/C21H23N3O2/c1-3-24(4-2)21(26)18-10-12-19(13-11-18)23-20(25)14-9-16-5-7-17(15-22)8-6-16/h5-8,10-13H,3-4,9,14H2,1-2H3,(H,23,25). The van der Waals surface area contributed by atoms with Gasteiger partial charge < -0.3 is 10.2 Å². The molecule has 5 nitrogen and oxygen atoms in total. The van der Waals surface area contributed by atoms with E-state index in [9.17, 15) is 9.59 Å².